The summed E-state index contributed by atoms with van der Waals surface area (Å²) in [6.07, 6.45) is -0.912. The minimum atomic E-state index is -0.943. The minimum absolute atomic E-state index is 0.294. The standard InChI is InChI=1S/C9H13BrO4/c1-9(2)13-5-3-4(10)6(11)7(12)8(5)14-9/h3,5-8,11-12H,1-2H3/t5-,6-,7-,8-/m1/s1. The molecule has 1 fully saturated rings. The Labute approximate surface area is 90.6 Å². The maximum Gasteiger partial charge on any atom is 0.164 e. The second-order valence-electron chi connectivity index (χ2n) is 4.05. The quantitative estimate of drug-likeness (QED) is 0.670. The average molecular weight is 265 g/mol. The Morgan fingerprint density at radius 2 is 2.00 bits per heavy atom. The zero-order valence-corrected chi connectivity index (χ0v) is 9.56. The third-order valence-corrected chi connectivity index (χ3v) is 3.16. The van der Waals surface area contributed by atoms with E-state index in [1.165, 1.54) is 0 Å². The fourth-order valence-electron chi connectivity index (χ4n) is 1.81. The largest absolute Gasteiger partial charge is 0.387 e. The Morgan fingerprint density at radius 3 is 2.64 bits per heavy atom. The molecule has 5 heteroatoms. The SMILES string of the molecule is CC1(C)O[C@H]2[C@H](O)[C@H](O)C(Br)=C[C@H]2O1. The van der Waals surface area contributed by atoms with Crippen LogP contribution in [0.2, 0.25) is 0 Å². The van der Waals surface area contributed by atoms with Gasteiger partial charge in [0.1, 0.15) is 24.4 Å². The van der Waals surface area contributed by atoms with Crippen molar-refractivity contribution in [2.45, 2.75) is 44.1 Å². The smallest absolute Gasteiger partial charge is 0.164 e. The zero-order valence-electron chi connectivity index (χ0n) is 7.98. The molecule has 80 valence electrons. The van der Waals surface area contributed by atoms with Crippen LogP contribution in [0.25, 0.3) is 0 Å². The molecule has 0 aromatic heterocycles. The van der Waals surface area contributed by atoms with Gasteiger partial charge in [0.15, 0.2) is 5.79 Å². The molecular formula is C9H13BrO4. The van der Waals surface area contributed by atoms with E-state index in [1.807, 2.05) is 0 Å². The van der Waals surface area contributed by atoms with Gasteiger partial charge in [-0.1, -0.05) is 15.9 Å². The van der Waals surface area contributed by atoms with Gasteiger partial charge in [-0.3, -0.25) is 0 Å². The van der Waals surface area contributed by atoms with Crippen LogP contribution in [0.15, 0.2) is 10.6 Å². The molecular weight excluding hydrogens is 252 g/mol. The molecule has 0 unspecified atom stereocenters. The van der Waals surface area contributed by atoms with E-state index in [4.69, 9.17) is 9.47 Å². The highest BCUT2D eigenvalue weighted by Gasteiger charge is 2.48. The Balaban J connectivity index is 2.26. The average Bonchev–Trinajstić information content (AvgIpc) is 2.37. The van der Waals surface area contributed by atoms with E-state index in [1.54, 1.807) is 19.9 Å². The number of fused-ring (bicyclic) bond motifs is 1. The maximum absolute atomic E-state index is 9.72. The molecule has 2 aliphatic rings. The van der Waals surface area contributed by atoms with Gasteiger partial charge in [-0.2, -0.15) is 0 Å². The van der Waals surface area contributed by atoms with Crippen molar-refractivity contribution in [2.24, 2.45) is 0 Å². The van der Waals surface area contributed by atoms with Crippen LogP contribution in [0.4, 0.5) is 0 Å². The third kappa shape index (κ3) is 1.63. The Bertz CT molecular complexity index is 276. The van der Waals surface area contributed by atoms with Gasteiger partial charge in [-0.05, 0) is 19.9 Å². The molecule has 0 spiro atoms. The van der Waals surface area contributed by atoms with Gasteiger partial charge in [-0.15, -0.1) is 0 Å². The number of halogens is 1. The topological polar surface area (TPSA) is 58.9 Å². The summed E-state index contributed by atoms with van der Waals surface area (Å²) in [5.74, 6) is -0.704. The highest BCUT2D eigenvalue weighted by Crippen LogP contribution is 2.37. The van der Waals surface area contributed by atoms with E-state index in [9.17, 15) is 10.2 Å². The van der Waals surface area contributed by atoms with Crippen LogP contribution in [0.3, 0.4) is 0 Å². The van der Waals surface area contributed by atoms with Crippen LogP contribution >= 0.6 is 15.9 Å². The molecule has 0 aromatic rings. The molecule has 0 saturated carbocycles. The lowest BCUT2D eigenvalue weighted by Crippen LogP contribution is -2.46. The fourth-order valence-corrected chi connectivity index (χ4v) is 2.34. The first-order valence-electron chi connectivity index (χ1n) is 4.50. The molecule has 1 aliphatic carbocycles. The molecule has 4 atom stereocenters. The highest BCUT2D eigenvalue weighted by atomic mass is 79.9. The van der Waals surface area contributed by atoms with E-state index >= 15 is 0 Å². The number of aliphatic hydroxyl groups is 2. The van der Waals surface area contributed by atoms with E-state index in [-0.39, 0.29) is 6.10 Å². The van der Waals surface area contributed by atoms with Gasteiger partial charge < -0.3 is 19.7 Å². The fraction of sp³-hybridized carbons (Fsp3) is 0.778. The molecule has 0 radical (unpaired) electrons. The third-order valence-electron chi connectivity index (χ3n) is 2.43. The van der Waals surface area contributed by atoms with Gasteiger partial charge in [0, 0.05) is 4.48 Å². The van der Waals surface area contributed by atoms with Crippen LogP contribution in [-0.2, 0) is 9.47 Å². The van der Waals surface area contributed by atoms with Crippen molar-refractivity contribution in [1.29, 1.82) is 0 Å². The summed E-state index contributed by atoms with van der Waals surface area (Å²) < 4.78 is 11.6. The van der Waals surface area contributed by atoms with Gasteiger partial charge in [-0.25, -0.2) is 0 Å². The van der Waals surface area contributed by atoms with Crippen LogP contribution < -0.4 is 0 Å². The summed E-state index contributed by atoms with van der Waals surface area (Å²) in [6, 6.07) is 0. The van der Waals surface area contributed by atoms with E-state index in [0.29, 0.717) is 4.48 Å². The summed E-state index contributed by atoms with van der Waals surface area (Å²) in [5, 5.41) is 19.3. The number of rotatable bonds is 0. The lowest BCUT2D eigenvalue weighted by atomic mass is 9.96. The van der Waals surface area contributed by atoms with Crippen molar-refractivity contribution in [2.75, 3.05) is 0 Å². The van der Waals surface area contributed by atoms with Crippen molar-refractivity contribution >= 4 is 15.9 Å². The first kappa shape index (κ1) is 10.6. The normalized spacial score (nSPS) is 45.9. The Hall–Kier alpha value is 0.0600. The number of ether oxygens (including phenoxy) is 2. The number of aliphatic hydroxyl groups excluding tert-OH is 2. The predicted molar refractivity (Wildman–Crippen MR) is 52.8 cm³/mol. The Kier molecular flexibility index (Phi) is 2.48. The molecule has 2 N–H and O–H groups in total. The Morgan fingerprint density at radius 1 is 1.36 bits per heavy atom. The monoisotopic (exact) mass is 264 g/mol. The lowest BCUT2D eigenvalue weighted by molar-refractivity contribution is -0.158. The van der Waals surface area contributed by atoms with Crippen molar-refractivity contribution in [3.8, 4) is 0 Å². The molecule has 1 aliphatic heterocycles. The van der Waals surface area contributed by atoms with Crippen molar-refractivity contribution in [1.82, 2.24) is 0 Å². The van der Waals surface area contributed by atoms with Crippen molar-refractivity contribution < 1.29 is 19.7 Å². The second kappa shape index (κ2) is 3.28. The highest BCUT2D eigenvalue weighted by molar-refractivity contribution is 9.11. The van der Waals surface area contributed by atoms with Crippen molar-refractivity contribution in [3.63, 3.8) is 0 Å². The molecule has 0 amide bonds. The van der Waals surface area contributed by atoms with Crippen LogP contribution in [-0.4, -0.2) is 40.4 Å². The molecule has 14 heavy (non-hydrogen) atoms. The minimum Gasteiger partial charge on any atom is -0.387 e. The van der Waals surface area contributed by atoms with Crippen LogP contribution in [0.1, 0.15) is 13.8 Å². The maximum atomic E-state index is 9.72. The van der Waals surface area contributed by atoms with Crippen LogP contribution in [0, 0.1) is 0 Å². The summed E-state index contributed by atoms with van der Waals surface area (Å²) in [7, 11) is 0. The number of hydrogen-bond acceptors (Lipinski definition) is 4. The van der Waals surface area contributed by atoms with Gasteiger partial charge in [0.25, 0.3) is 0 Å². The molecule has 0 aromatic carbocycles. The van der Waals surface area contributed by atoms with Crippen molar-refractivity contribution in [3.05, 3.63) is 10.6 Å². The molecule has 2 rings (SSSR count). The summed E-state index contributed by atoms with van der Waals surface area (Å²) in [4.78, 5) is 0. The van der Waals surface area contributed by atoms with E-state index in [2.05, 4.69) is 15.9 Å². The first-order valence-corrected chi connectivity index (χ1v) is 5.29. The molecule has 4 nitrogen and oxygen atoms in total. The van der Waals surface area contributed by atoms with E-state index in [0.717, 1.165) is 0 Å². The molecule has 1 saturated heterocycles. The van der Waals surface area contributed by atoms with Crippen LogP contribution in [0.5, 0.6) is 0 Å². The lowest BCUT2D eigenvalue weighted by Gasteiger charge is -2.29. The molecule has 1 heterocycles. The predicted octanol–water partition coefficient (Wildman–Crippen LogP) is 0.521. The number of hydrogen-bond donors (Lipinski definition) is 2. The van der Waals surface area contributed by atoms with Gasteiger partial charge >= 0.3 is 0 Å². The van der Waals surface area contributed by atoms with E-state index < -0.39 is 24.1 Å². The zero-order chi connectivity index (χ0) is 10.5. The van der Waals surface area contributed by atoms with Gasteiger partial charge in [0.2, 0.25) is 0 Å². The summed E-state index contributed by atoms with van der Waals surface area (Å²) in [5.41, 5.74) is 0. The first-order chi connectivity index (χ1) is 6.41. The second-order valence-corrected chi connectivity index (χ2v) is 4.97. The summed E-state index contributed by atoms with van der Waals surface area (Å²) >= 11 is 3.18. The van der Waals surface area contributed by atoms with Gasteiger partial charge in [0.05, 0.1) is 0 Å². The molecule has 0 bridgehead atoms. The summed E-state index contributed by atoms with van der Waals surface area (Å²) in [6.45, 7) is 3.57.